The summed E-state index contributed by atoms with van der Waals surface area (Å²) in [4.78, 5) is 0. The minimum Gasteiger partial charge on any atom is -0.398 e. The summed E-state index contributed by atoms with van der Waals surface area (Å²) in [5.74, 6) is 0.589. The van der Waals surface area contributed by atoms with Crippen LogP contribution in [0.4, 0.5) is 5.69 Å². The Bertz CT molecular complexity index is 741. The molecule has 0 radical (unpaired) electrons. The molecule has 0 amide bonds. The fraction of sp³-hybridized carbons (Fsp3) is 0.235. The Morgan fingerprint density at radius 3 is 2.60 bits per heavy atom. The molecular weight excluding hydrogens is 246 g/mol. The summed E-state index contributed by atoms with van der Waals surface area (Å²) in [6.45, 7) is 5.33. The molecule has 3 nitrogen and oxygen atoms in total. The molecule has 3 rings (SSSR count). The van der Waals surface area contributed by atoms with Gasteiger partial charge in [-0.2, -0.15) is 5.10 Å². The Kier molecular flexibility index (Phi) is 3.18. The third kappa shape index (κ3) is 2.27. The molecule has 0 saturated heterocycles. The highest BCUT2D eigenvalue weighted by atomic mass is 15.3. The first-order valence-electron chi connectivity index (χ1n) is 6.95. The van der Waals surface area contributed by atoms with Crippen molar-refractivity contribution in [2.45, 2.75) is 20.4 Å². The molecule has 2 aromatic carbocycles. The number of rotatable bonds is 3. The smallest absolute Gasteiger partial charge is 0.0568 e. The molecule has 0 saturated carbocycles. The van der Waals surface area contributed by atoms with Crippen molar-refractivity contribution < 1.29 is 0 Å². The third-order valence-corrected chi connectivity index (χ3v) is 3.45. The van der Waals surface area contributed by atoms with Crippen LogP contribution in [0.3, 0.4) is 0 Å². The molecule has 0 atom stereocenters. The minimum atomic E-state index is 0.589. The Hall–Kier alpha value is -2.29. The van der Waals surface area contributed by atoms with Crippen LogP contribution in [0.5, 0.6) is 0 Å². The summed E-state index contributed by atoms with van der Waals surface area (Å²) >= 11 is 0. The Balaban J connectivity index is 2.10. The zero-order valence-electron chi connectivity index (χ0n) is 11.9. The second kappa shape index (κ2) is 5.00. The molecule has 102 valence electrons. The van der Waals surface area contributed by atoms with E-state index in [1.54, 1.807) is 0 Å². The van der Waals surface area contributed by atoms with Crippen molar-refractivity contribution in [3.8, 4) is 11.1 Å². The van der Waals surface area contributed by atoms with Gasteiger partial charge in [0.05, 0.1) is 6.20 Å². The lowest BCUT2D eigenvalue weighted by Crippen LogP contribution is -2.03. The molecule has 0 fully saturated rings. The first kappa shape index (κ1) is 12.7. The van der Waals surface area contributed by atoms with Gasteiger partial charge in [-0.05, 0) is 22.9 Å². The molecule has 2 N–H and O–H groups in total. The Morgan fingerprint density at radius 1 is 1.10 bits per heavy atom. The van der Waals surface area contributed by atoms with E-state index in [1.165, 1.54) is 10.9 Å². The van der Waals surface area contributed by atoms with Crippen LogP contribution >= 0.6 is 0 Å². The van der Waals surface area contributed by atoms with Crippen LogP contribution in [-0.4, -0.2) is 9.78 Å². The lowest BCUT2D eigenvalue weighted by atomic mass is 9.99. The molecule has 3 heteroatoms. The maximum Gasteiger partial charge on any atom is 0.0568 e. The maximum atomic E-state index is 6.05. The minimum absolute atomic E-state index is 0.589. The van der Waals surface area contributed by atoms with Crippen molar-refractivity contribution in [2.75, 3.05) is 5.73 Å². The van der Waals surface area contributed by atoms with Crippen molar-refractivity contribution >= 4 is 16.5 Å². The van der Waals surface area contributed by atoms with Gasteiger partial charge in [0.2, 0.25) is 0 Å². The predicted octanol–water partition coefficient (Wildman–Crippen LogP) is 3.94. The zero-order chi connectivity index (χ0) is 14.1. The average Bonchev–Trinajstić information content (AvgIpc) is 2.87. The number of nitrogens with two attached hydrogens (primary N) is 1. The van der Waals surface area contributed by atoms with Gasteiger partial charge in [0.15, 0.2) is 0 Å². The standard InChI is InChI=1S/C17H19N3/c1-12(2)10-20-11-13(9-19-20)14-7-8-17(18)16-6-4-3-5-15(14)16/h3-9,11-12H,10,18H2,1-2H3. The van der Waals surface area contributed by atoms with Crippen LogP contribution in [0.15, 0.2) is 48.8 Å². The van der Waals surface area contributed by atoms with Gasteiger partial charge in [-0.3, -0.25) is 4.68 Å². The number of benzene rings is 2. The predicted molar refractivity (Wildman–Crippen MR) is 84.4 cm³/mol. The second-order valence-electron chi connectivity index (χ2n) is 5.59. The van der Waals surface area contributed by atoms with Crippen LogP contribution in [0.25, 0.3) is 21.9 Å². The summed E-state index contributed by atoms with van der Waals surface area (Å²) in [5, 5.41) is 6.72. The van der Waals surface area contributed by atoms with Crippen LogP contribution < -0.4 is 5.73 Å². The summed E-state index contributed by atoms with van der Waals surface area (Å²) < 4.78 is 2.01. The number of hydrogen-bond donors (Lipinski definition) is 1. The highest BCUT2D eigenvalue weighted by Gasteiger charge is 2.08. The van der Waals surface area contributed by atoms with E-state index in [0.717, 1.165) is 23.2 Å². The van der Waals surface area contributed by atoms with Gasteiger partial charge in [-0.25, -0.2) is 0 Å². The van der Waals surface area contributed by atoms with Gasteiger partial charge in [-0.1, -0.05) is 44.2 Å². The van der Waals surface area contributed by atoms with Crippen molar-refractivity contribution in [3.63, 3.8) is 0 Å². The van der Waals surface area contributed by atoms with E-state index >= 15 is 0 Å². The first-order valence-corrected chi connectivity index (χ1v) is 6.95. The molecule has 20 heavy (non-hydrogen) atoms. The van der Waals surface area contributed by atoms with Crippen molar-refractivity contribution in [1.29, 1.82) is 0 Å². The molecule has 1 aromatic heterocycles. The van der Waals surface area contributed by atoms with Gasteiger partial charge in [0.25, 0.3) is 0 Å². The van der Waals surface area contributed by atoms with Crippen LogP contribution in [-0.2, 0) is 6.54 Å². The number of aromatic nitrogens is 2. The highest BCUT2D eigenvalue weighted by molar-refractivity contribution is 6.02. The van der Waals surface area contributed by atoms with Crippen LogP contribution in [0.2, 0.25) is 0 Å². The second-order valence-corrected chi connectivity index (χ2v) is 5.59. The number of fused-ring (bicyclic) bond motifs is 1. The normalized spacial score (nSPS) is 11.3. The van der Waals surface area contributed by atoms with Crippen LogP contribution in [0.1, 0.15) is 13.8 Å². The number of nitrogen functional groups attached to an aromatic ring is 1. The van der Waals surface area contributed by atoms with Gasteiger partial charge in [0, 0.05) is 29.4 Å². The van der Waals surface area contributed by atoms with Crippen molar-refractivity contribution in [1.82, 2.24) is 9.78 Å². The van der Waals surface area contributed by atoms with E-state index in [1.807, 2.05) is 29.1 Å². The van der Waals surface area contributed by atoms with Crippen LogP contribution in [0, 0.1) is 5.92 Å². The third-order valence-electron chi connectivity index (χ3n) is 3.45. The molecule has 0 spiro atoms. The van der Waals surface area contributed by atoms with E-state index in [0.29, 0.717) is 5.92 Å². The number of anilines is 1. The summed E-state index contributed by atoms with van der Waals surface area (Å²) in [6, 6.07) is 12.3. The average molecular weight is 265 g/mol. The molecule has 3 aromatic rings. The highest BCUT2D eigenvalue weighted by Crippen LogP contribution is 2.31. The largest absolute Gasteiger partial charge is 0.398 e. The molecule has 0 bridgehead atoms. The Morgan fingerprint density at radius 2 is 1.85 bits per heavy atom. The summed E-state index contributed by atoms with van der Waals surface area (Å²) in [7, 11) is 0. The van der Waals surface area contributed by atoms with Gasteiger partial charge in [-0.15, -0.1) is 0 Å². The monoisotopic (exact) mass is 265 g/mol. The van der Waals surface area contributed by atoms with Gasteiger partial charge < -0.3 is 5.73 Å². The molecule has 1 heterocycles. The Labute approximate surface area is 119 Å². The van der Waals surface area contributed by atoms with Gasteiger partial charge >= 0.3 is 0 Å². The van der Waals surface area contributed by atoms with E-state index in [9.17, 15) is 0 Å². The molecule has 0 aliphatic carbocycles. The molecular formula is C17H19N3. The van der Waals surface area contributed by atoms with Gasteiger partial charge in [0.1, 0.15) is 0 Å². The lowest BCUT2D eigenvalue weighted by molar-refractivity contribution is 0.483. The van der Waals surface area contributed by atoms with E-state index in [2.05, 4.69) is 43.3 Å². The molecule has 0 unspecified atom stereocenters. The van der Waals surface area contributed by atoms with E-state index in [4.69, 9.17) is 5.73 Å². The summed E-state index contributed by atoms with van der Waals surface area (Å²) in [5.41, 5.74) is 9.20. The fourth-order valence-electron chi connectivity index (χ4n) is 2.55. The fourth-order valence-corrected chi connectivity index (χ4v) is 2.55. The van der Waals surface area contributed by atoms with E-state index in [-0.39, 0.29) is 0 Å². The zero-order valence-corrected chi connectivity index (χ0v) is 11.9. The van der Waals surface area contributed by atoms with Crippen molar-refractivity contribution in [2.24, 2.45) is 5.92 Å². The summed E-state index contributed by atoms with van der Waals surface area (Å²) in [6.07, 6.45) is 4.04. The number of nitrogens with zero attached hydrogens (tertiary/aromatic N) is 2. The topological polar surface area (TPSA) is 43.8 Å². The first-order chi connectivity index (χ1) is 9.65. The van der Waals surface area contributed by atoms with E-state index < -0.39 is 0 Å². The number of hydrogen-bond acceptors (Lipinski definition) is 2. The lowest BCUT2D eigenvalue weighted by Gasteiger charge is -2.07. The quantitative estimate of drug-likeness (QED) is 0.729. The maximum absolute atomic E-state index is 6.05. The molecule has 0 aliphatic heterocycles. The molecule has 0 aliphatic rings. The SMILES string of the molecule is CC(C)Cn1cc(-c2ccc(N)c3ccccc23)cn1. The van der Waals surface area contributed by atoms with Crippen molar-refractivity contribution in [3.05, 3.63) is 48.8 Å².